The Morgan fingerprint density at radius 3 is 2.80 bits per heavy atom. The molecule has 0 fully saturated rings. The number of ether oxygens (including phenoxy) is 1. The molecule has 0 N–H and O–H groups in total. The van der Waals surface area contributed by atoms with Crippen molar-refractivity contribution in [3.8, 4) is 17.1 Å². The lowest BCUT2D eigenvalue weighted by atomic mass is 10.1. The van der Waals surface area contributed by atoms with Crippen molar-refractivity contribution in [2.45, 2.75) is 25.7 Å². The number of methoxy groups -OCH3 is 1. The Bertz CT molecular complexity index is 1080. The fourth-order valence-corrected chi connectivity index (χ4v) is 3.48. The van der Waals surface area contributed by atoms with Crippen LogP contribution in [0, 0.1) is 10.1 Å². The van der Waals surface area contributed by atoms with Gasteiger partial charge >= 0.3 is 0 Å². The van der Waals surface area contributed by atoms with E-state index in [1.165, 1.54) is 12.1 Å². The van der Waals surface area contributed by atoms with Gasteiger partial charge in [0, 0.05) is 37.1 Å². The second-order valence-corrected chi connectivity index (χ2v) is 6.96. The molecule has 0 radical (unpaired) electrons. The van der Waals surface area contributed by atoms with Crippen LogP contribution >= 0.6 is 0 Å². The zero-order chi connectivity index (χ0) is 21.1. The molecule has 9 heteroatoms. The zero-order valence-corrected chi connectivity index (χ0v) is 16.4. The van der Waals surface area contributed by atoms with E-state index < -0.39 is 4.92 Å². The lowest BCUT2D eigenvalue weighted by Gasteiger charge is -2.16. The third-order valence-electron chi connectivity index (χ3n) is 5.07. The number of nitrogens with zero attached hydrogens (tertiary/aromatic N) is 4. The molecule has 0 atom stereocenters. The smallest absolute Gasteiger partial charge is 0.271 e. The summed E-state index contributed by atoms with van der Waals surface area (Å²) in [6.45, 7) is 0.539. The molecule has 3 aromatic rings. The molecule has 1 aromatic heterocycles. The maximum atomic E-state index is 12.6. The van der Waals surface area contributed by atoms with Gasteiger partial charge in [0.15, 0.2) is 0 Å². The van der Waals surface area contributed by atoms with Crippen LogP contribution in [0.5, 0.6) is 5.75 Å². The molecular formula is C21H20N4O5. The molecule has 2 aromatic carbocycles. The Labute approximate surface area is 172 Å². The number of hydrogen-bond donors (Lipinski definition) is 0. The molecule has 2 heterocycles. The van der Waals surface area contributed by atoms with Crippen LogP contribution in [0.1, 0.15) is 24.3 Å². The molecule has 154 valence electrons. The average molecular weight is 408 g/mol. The van der Waals surface area contributed by atoms with E-state index in [0.29, 0.717) is 49.6 Å². The fraction of sp³-hybridized carbons (Fsp3) is 0.286. The standard InChI is InChI=1S/C21H20N4O5/c1-29-17-9-6-15(7-10-17)21-22-19(30-23-21)3-2-4-20(26)24-12-11-14-5-8-16(25(27)28)13-18(14)24/h5-10,13H,2-4,11-12H2,1H3. The van der Waals surface area contributed by atoms with Gasteiger partial charge in [-0.25, -0.2) is 0 Å². The molecule has 0 aliphatic carbocycles. The number of nitro benzene ring substituents is 1. The first kappa shape index (κ1) is 19.6. The van der Waals surface area contributed by atoms with Gasteiger partial charge in [-0.2, -0.15) is 4.98 Å². The van der Waals surface area contributed by atoms with Crippen molar-refractivity contribution in [3.63, 3.8) is 0 Å². The van der Waals surface area contributed by atoms with E-state index in [0.717, 1.165) is 16.9 Å². The summed E-state index contributed by atoms with van der Waals surface area (Å²) in [5.74, 6) is 1.63. The zero-order valence-electron chi connectivity index (χ0n) is 16.4. The van der Waals surface area contributed by atoms with E-state index in [-0.39, 0.29) is 11.6 Å². The number of aromatic nitrogens is 2. The topological polar surface area (TPSA) is 112 Å². The molecular weight excluding hydrogens is 388 g/mol. The summed E-state index contributed by atoms with van der Waals surface area (Å²) in [6.07, 6.45) is 2.02. The number of fused-ring (bicyclic) bond motifs is 1. The van der Waals surface area contributed by atoms with Gasteiger partial charge in [0.1, 0.15) is 5.75 Å². The Morgan fingerprint density at radius 1 is 1.27 bits per heavy atom. The molecule has 1 aliphatic heterocycles. The highest BCUT2D eigenvalue weighted by Gasteiger charge is 2.26. The number of hydrogen-bond acceptors (Lipinski definition) is 7. The van der Waals surface area contributed by atoms with Crippen molar-refractivity contribution in [1.82, 2.24) is 10.1 Å². The SMILES string of the molecule is COc1ccc(-c2noc(CCCC(=O)N3CCc4ccc([N+](=O)[O-])cc43)n2)cc1. The Hall–Kier alpha value is -3.75. The van der Waals surface area contributed by atoms with Crippen molar-refractivity contribution >= 4 is 17.3 Å². The van der Waals surface area contributed by atoms with E-state index in [1.54, 1.807) is 18.1 Å². The molecule has 30 heavy (non-hydrogen) atoms. The monoisotopic (exact) mass is 408 g/mol. The number of anilines is 1. The number of rotatable bonds is 7. The summed E-state index contributed by atoms with van der Waals surface area (Å²) in [4.78, 5) is 29.2. The first-order valence-electron chi connectivity index (χ1n) is 9.60. The maximum Gasteiger partial charge on any atom is 0.271 e. The predicted molar refractivity (Wildman–Crippen MR) is 108 cm³/mol. The van der Waals surface area contributed by atoms with Gasteiger partial charge in [0.25, 0.3) is 5.69 Å². The molecule has 0 saturated carbocycles. The molecule has 1 amide bonds. The molecule has 4 rings (SSSR count). The molecule has 1 aliphatic rings. The highest BCUT2D eigenvalue weighted by atomic mass is 16.6. The Morgan fingerprint density at radius 2 is 2.07 bits per heavy atom. The third kappa shape index (κ3) is 4.00. The summed E-state index contributed by atoms with van der Waals surface area (Å²) in [7, 11) is 1.60. The normalized spacial score (nSPS) is 12.6. The van der Waals surface area contributed by atoms with Crippen molar-refractivity contribution in [1.29, 1.82) is 0 Å². The van der Waals surface area contributed by atoms with Crippen LogP contribution in [0.15, 0.2) is 47.0 Å². The van der Waals surface area contributed by atoms with Gasteiger partial charge in [0.2, 0.25) is 17.6 Å². The van der Waals surface area contributed by atoms with Crippen molar-refractivity contribution in [2.75, 3.05) is 18.6 Å². The average Bonchev–Trinajstić information content (AvgIpc) is 3.40. The van der Waals surface area contributed by atoms with Crippen LogP contribution in [-0.2, 0) is 17.6 Å². The van der Waals surface area contributed by atoms with E-state index in [1.807, 2.05) is 24.3 Å². The third-order valence-corrected chi connectivity index (χ3v) is 5.07. The van der Waals surface area contributed by atoms with Crippen LogP contribution in [0.4, 0.5) is 11.4 Å². The molecule has 0 saturated heterocycles. The number of non-ortho nitro benzene ring substituents is 1. The first-order chi connectivity index (χ1) is 14.5. The second kappa shape index (κ2) is 8.32. The van der Waals surface area contributed by atoms with Crippen molar-refractivity contribution in [2.24, 2.45) is 0 Å². The van der Waals surface area contributed by atoms with Crippen LogP contribution in [0.3, 0.4) is 0 Å². The molecule has 0 bridgehead atoms. The van der Waals surface area contributed by atoms with Gasteiger partial charge in [-0.1, -0.05) is 11.2 Å². The minimum Gasteiger partial charge on any atom is -0.497 e. The lowest BCUT2D eigenvalue weighted by Crippen LogP contribution is -2.28. The van der Waals surface area contributed by atoms with Crippen molar-refractivity contribution in [3.05, 3.63) is 64.0 Å². The highest BCUT2D eigenvalue weighted by molar-refractivity contribution is 5.95. The maximum absolute atomic E-state index is 12.6. The van der Waals surface area contributed by atoms with Gasteiger partial charge in [-0.3, -0.25) is 14.9 Å². The molecule has 9 nitrogen and oxygen atoms in total. The van der Waals surface area contributed by atoms with Crippen LogP contribution < -0.4 is 9.64 Å². The van der Waals surface area contributed by atoms with E-state index in [4.69, 9.17) is 9.26 Å². The molecule has 0 spiro atoms. The number of benzene rings is 2. The summed E-state index contributed by atoms with van der Waals surface area (Å²) in [5, 5.41) is 15.0. The van der Waals surface area contributed by atoms with Crippen LogP contribution in [-0.4, -0.2) is 34.6 Å². The Balaban J connectivity index is 1.34. The minimum absolute atomic E-state index is 0.00892. The number of amides is 1. The first-order valence-corrected chi connectivity index (χ1v) is 9.60. The summed E-state index contributed by atoms with van der Waals surface area (Å²) >= 11 is 0. The lowest BCUT2D eigenvalue weighted by molar-refractivity contribution is -0.384. The van der Waals surface area contributed by atoms with Crippen LogP contribution in [0.25, 0.3) is 11.4 Å². The largest absolute Gasteiger partial charge is 0.497 e. The van der Waals surface area contributed by atoms with Gasteiger partial charge in [-0.15, -0.1) is 0 Å². The van der Waals surface area contributed by atoms with Gasteiger partial charge in [-0.05, 0) is 42.7 Å². The number of aryl methyl sites for hydroxylation is 1. The van der Waals surface area contributed by atoms with E-state index >= 15 is 0 Å². The van der Waals surface area contributed by atoms with Crippen LogP contribution in [0.2, 0.25) is 0 Å². The molecule has 0 unspecified atom stereocenters. The van der Waals surface area contributed by atoms with E-state index in [9.17, 15) is 14.9 Å². The highest BCUT2D eigenvalue weighted by Crippen LogP contribution is 2.32. The second-order valence-electron chi connectivity index (χ2n) is 6.96. The summed E-state index contributed by atoms with van der Waals surface area (Å²) < 4.78 is 10.4. The fourth-order valence-electron chi connectivity index (χ4n) is 3.48. The Kier molecular flexibility index (Phi) is 5.42. The number of nitro groups is 1. The summed E-state index contributed by atoms with van der Waals surface area (Å²) in [6, 6.07) is 12.0. The number of carbonyl (C=O) groups is 1. The van der Waals surface area contributed by atoms with E-state index in [2.05, 4.69) is 10.1 Å². The van der Waals surface area contributed by atoms with Gasteiger partial charge < -0.3 is 14.2 Å². The van der Waals surface area contributed by atoms with Crippen molar-refractivity contribution < 1.29 is 19.0 Å². The quantitative estimate of drug-likeness (QED) is 0.434. The summed E-state index contributed by atoms with van der Waals surface area (Å²) in [5.41, 5.74) is 2.39. The van der Waals surface area contributed by atoms with Gasteiger partial charge in [0.05, 0.1) is 17.7 Å². The predicted octanol–water partition coefficient (Wildman–Crippen LogP) is 3.57. The minimum atomic E-state index is -0.447. The number of carbonyl (C=O) groups excluding carboxylic acids is 1.